The van der Waals surface area contributed by atoms with E-state index in [4.69, 9.17) is 0 Å². The maximum atomic E-state index is 12.6. The molecule has 0 aromatic carbocycles. The first-order valence-electron chi connectivity index (χ1n) is 9.37. The van der Waals surface area contributed by atoms with E-state index in [0.29, 0.717) is 18.4 Å². The van der Waals surface area contributed by atoms with Crippen molar-refractivity contribution in [2.45, 2.75) is 76.7 Å². The van der Waals surface area contributed by atoms with Gasteiger partial charge in [0.2, 0.25) is 5.91 Å². The molecule has 0 N–H and O–H groups in total. The van der Waals surface area contributed by atoms with Gasteiger partial charge in [-0.1, -0.05) is 32.1 Å². The fraction of sp³-hybridized carbons (Fsp3) is 0.737. The van der Waals surface area contributed by atoms with Crippen LogP contribution >= 0.6 is 0 Å². The molecule has 2 heterocycles. The van der Waals surface area contributed by atoms with Crippen LogP contribution in [-0.4, -0.2) is 33.4 Å². The van der Waals surface area contributed by atoms with Crippen LogP contribution in [0.4, 0.5) is 0 Å². The molecule has 1 aromatic rings. The number of likely N-dealkylation sites (tertiary alicyclic amines) is 1. The van der Waals surface area contributed by atoms with E-state index in [1.54, 1.807) is 12.5 Å². The van der Waals surface area contributed by atoms with Crippen molar-refractivity contribution in [2.75, 3.05) is 6.54 Å². The lowest BCUT2D eigenvalue weighted by Crippen LogP contribution is -2.36. The summed E-state index contributed by atoms with van der Waals surface area (Å²) in [5, 5.41) is 0. The molecule has 1 saturated heterocycles. The monoisotopic (exact) mass is 315 g/mol. The summed E-state index contributed by atoms with van der Waals surface area (Å²) >= 11 is 0. The molecule has 1 aromatic heterocycles. The Bertz CT molecular complexity index is 485. The van der Waals surface area contributed by atoms with Crippen LogP contribution in [0, 0.1) is 5.92 Å². The zero-order valence-corrected chi connectivity index (χ0v) is 14.1. The van der Waals surface area contributed by atoms with Crippen molar-refractivity contribution >= 4 is 5.91 Å². The largest absolute Gasteiger partial charge is 0.340 e. The number of amides is 1. The minimum absolute atomic E-state index is 0.315. The van der Waals surface area contributed by atoms with Crippen molar-refractivity contribution in [1.29, 1.82) is 0 Å². The molecule has 0 bridgehead atoms. The van der Waals surface area contributed by atoms with E-state index < -0.39 is 0 Å². The molecule has 1 amide bonds. The first-order chi connectivity index (χ1) is 11.3. The molecule has 126 valence electrons. The van der Waals surface area contributed by atoms with Gasteiger partial charge in [-0.15, -0.1) is 0 Å². The van der Waals surface area contributed by atoms with E-state index >= 15 is 0 Å². The van der Waals surface area contributed by atoms with E-state index in [1.807, 2.05) is 6.07 Å². The average Bonchev–Trinajstić information content (AvgIpc) is 3.08. The molecule has 2 fully saturated rings. The fourth-order valence-corrected chi connectivity index (χ4v) is 4.21. The Balaban J connectivity index is 1.44. The maximum absolute atomic E-state index is 12.6. The lowest BCUT2D eigenvalue weighted by Gasteiger charge is -2.28. The summed E-state index contributed by atoms with van der Waals surface area (Å²) in [6.45, 7) is 0.956. The van der Waals surface area contributed by atoms with Gasteiger partial charge in [-0.3, -0.25) is 4.79 Å². The van der Waals surface area contributed by atoms with Crippen LogP contribution in [0.3, 0.4) is 0 Å². The summed E-state index contributed by atoms with van der Waals surface area (Å²) in [5.74, 6) is 1.23. The van der Waals surface area contributed by atoms with Crippen LogP contribution < -0.4 is 0 Å². The van der Waals surface area contributed by atoms with E-state index in [9.17, 15) is 4.79 Å². The molecule has 1 aliphatic heterocycles. The van der Waals surface area contributed by atoms with Gasteiger partial charge in [0.1, 0.15) is 6.33 Å². The van der Waals surface area contributed by atoms with Crippen LogP contribution in [0.15, 0.2) is 18.6 Å². The summed E-state index contributed by atoms with van der Waals surface area (Å²) in [6, 6.07) is 2.40. The summed E-state index contributed by atoms with van der Waals surface area (Å²) in [5.41, 5.74) is 0.964. The highest BCUT2D eigenvalue weighted by molar-refractivity contribution is 5.77. The molecule has 0 spiro atoms. The molecule has 2 aliphatic rings. The van der Waals surface area contributed by atoms with Crippen molar-refractivity contribution in [2.24, 2.45) is 5.92 Å². The van der Waals surface area contributed by atoms with Crippen molar-refractivity contribution in [1.82, 2.24) is 14.9 Å². The average molecular weight is 315 g/mol. The molecule has 1 aliphatic carbocycles. The number of carbonyl (C=O) groups excluding carboxylic acids is 1. The fourth-order valence-electron chi connectivity index (χ4n) is 4.21. The van der Waals surface area contributed by atoms with E-state index in [1.165, 1.54) is 57.8 Å². The molecule has 1 atom stereocenters. The number of nitrogens with zero attached hydrogens (tertiary/aromatic N) is 3. The van der Waals surface area contributed by atoms with E-state index in [-0.39, 0.29) is 0 Å². The zero-order valence-electron chi connectivity index (χ0n) is 14.1. The number of rotatable bonds is 6. The Morgan fingerprint density at radius 3 is 2.78 bits per heavy atom. The third-order valence-electron chi connectivity index (χ3n) is 5.57. The first kappa shape index (κ1) is 16.4. The number of carbonyl (C=O) groups is 1. The summed E-state index contributed by atoms with van der Waals surface area (Å²) in [4.78, 5) is 22.9. The third-order valence-corrected chi connectivity index (χ3v) is 5.57. The third kappa shape index (κ3) is 4.76. The van der Waals surface area contributed by atoms with Gasteiger partial charge in [0, 0.05) is 30.9 Å². The second-order valence-corrected chi connectivity index (χ2v) is 7.17. The van der Waals surface area contributed by atoms with E-state index in [0.717, 1.165) is 24.6 Å². The number of aryl methyl sites for hydroxylation is 1. The minimum Gasteiger partial charge on any atom is -0.340 e. The zero-order chi connectivity index (χ0) is 15.9. The van der Waals surface area contributed by atoms with Gasteiger partial charge in [0.05, 0.1) is 0 Å². The highest BCUT2D eigenvalue weighted by atomic mass is 16.2. The molecular weight excluding hydrogens is 286 g/mol. The van der Waals surface area contributed by atoms with Crippen molar-refractivity contribution in [3.05, 3.63) is 24.3 Å². The van der Waals surface area contributed by atoms with Crippen LogP contribution in [-0.2, 0) is 11.2 Å². The van der Waals surface area contributed by atoms with Crippen LogP contribution in [0.1, 0.15) is 69.9 Å². The lowest BCUT2D eigenvalue weighted by atomic mass is 9.85. The van der Waals surface area contributed by atoms with Gasteiger partial charge >= 0.3 is 0 Å². The van der Waals surface area contributed by atoms with Gasteiger partial charge < -0.3 is 4.90 Å². The second kappa shape index (κ2) is 8.42. The molecule has 0 radical (unpaired) electrons. The Labute approximate surface area is 139 Å². The number of hydrogen-bond donors (Lipinski definition) is 0. The predicted molar refractivity (Wildman–Crippen MR) is 90.9 cm³/mol. The highest BCUT2D eigenvalue weighted by Crippen LogP contribution is 2.30. The van der Waals surface area contributed by atoms with Gasteiger partial charge in [-0.05, 0) is 44.1 Å². The molecule has 4 nitrogen and oxygen atoms in total. The van der Waals surface area contributed by atoms with Gasteiger partial charge in [0.25, 0.3) is 0 Å². The molecule has 1 saturated carbocycles. The van der Waals surface area contributed by atoms with Gasteiger partial charge in [-0.2, -0.15) is 0 Å². The predicted octanol–water partition coefficient (Wildman–Crippen LogP) is 3.76. The van der Waals surface area contributed by atoms with E-state index in [2.05, 4.69) is 14.9 Å². The maximum Gasteiger partial charge on any atom is 0.223 e. The molecule has 23 heavy (non-hydrogen) atoms. The van der Waals surface area contributed by atoms with Crippen molar-refractivity contribution in [3.8, 4) is 0 Å². The quantitative estimate of drug-likeness (QED) is 0.803. The SMILES string of the molecule is O=C(CCc1ccncn1)N1CCC[C@H]1CCC1CCCCC1. The molecule has 0 unspecified atom stereocenters. The van der Waals surface area contributed by atoms with Crippen molar-refractivity contribution < 1.29 is 4.79 Å². The molecule has 3 rings (SSSR count). The smallest absolute Gasteiger partial charge is 0.223 e. The summed E-state index contributed by atoms with van der Waals surface area (Å²) < 4.78 is 0. The molecular formula is C19H29N3O. The minimum atomic E-state index is 0.315. The summed E-state index contributed by atoms with van der Waals surface area (Å²) in [6.07, 6.45) is 16.6. The topological polar surface area (TPSA) is 46.1 Å². The van der Waals surface area contributed by atoms with Crippen LogP contribution in [0.5, 0.6) is 0 Å². The Hall–Kier alpha value is -1.45. The highest BCUT2D eigenvalue weighted by Gasteiger charge is 2.28. The normalized spacial score (nSPS) is 22.4. The first-order valence-corrected chi connectivity index (χ1v) is 9.37. The lowest BCUT2D eigenvalue weighted by molar-refractivity contribution is -0.132. The number of aromatic nitrogens is 2. The van der Waals surface area contributed by atoms with Crippen LogP contribution in [0.2, 0.25) is 0 Å². The Kier molecular flexibility index (Phi) is 6.00. The van der Waals surface area contributed by atoms with Gasteiger partial charge in [-0.25, -0.2) is 9.97 Å². The van der Waals surface area contributed by atoms with Gasteiger partial charge in [0.15, 0.2) is 0 Å². The Morgan fingerprint density at radius 1 is 1.13 bits per heavy atom. The molecule has 4 heteroatoms. The Morgan fingerprint density at radius 2 is 2.00 bits per heavy atom. The summed E-state index contributed by atoms with van der Waals surface area (Å²) in [7, 11) is 0. The second-order valence-electron chi connectivity index (χ2n) is 7.17. The van der Waals surface area contributed by atoms with Crippen molar-refractivity contribution in [3.63, 3.8) is 0 Å². The number of hydrogen-bond acceptors (Lipinski definition) is 3. The van der Waals surface area contributed by atoms with Crippen LogP contribution in [0.25, 0.3) is 0 Å². The standard InChI is InChI=1S/C19H29N3O/c23-19(11-9-17-12-13-20-15-21-17)22-14-4-7-18(22)10-8-16-5-2-1-3-6-16/h12-13,15-16,18H,1-11,14H2/t18-/m0/s1.